The van der Waals surface area contributed by atoms with Gasteiger partial charge in [0.1, 0.15) is 5.54 Å². The Hall–Kier alpha value is -0.990. The minimum Gasteiger partial charge on any atom is -0.376 e. The van der Waals surface area contributed by atoms with E-state index in [-0.39, 0.29) is 0 Å². The van der Waals surface area contributed by atoms with E-state index in [1.807, 2.05) is 31.2 Å². The molecule has 0 bridgehead atoms. The molecule has 6 heteroatoms. The third-order valence-electron chi connectivity index (χ3n) is 3.68. The van der Waals surface area contributed by atoms with E-state index in [4.69, 9.17) is 15.0 Å². The number of nitrogens with zero attached hydrogens (tertiary/aromatic N) is 2. The first-order chi connectivity index (χ1) is 10.0. The number of ether oxygens (including phenoxy) is 1. The van der Waals surface area contributed by atoms with Gasteiger partial charge in [-0.2, -0.15) is 4.98 Å². The van der Waals surface area contributed by atoms with E-state index in [1.54, 1.807) is 0 Å². The SMILES string of the molecule is CC(N)(COC1CCC1)c1noc(-c2cccc(I)c2)n1. The quantitative estimate of drug-likeness (QED) is 0.783. The van der Waals surface area contributed by atoms with Gasteiger partial charge >= 0.3 is 0 Å². The predicted octanol–water partition coefficient (Wildman–Crippen LogP) is 3.08. The van der Waals surface area contributed by atoms with Gasteiger partial charge in [-0.25, -0.2) is 0 Å². The second kappa shape index (κ2) is 6.02. The van der Waals surface area contributed by atoms with Gasteiger partial charge in [-0.3, -0.25) is 0 Å². The first kappa shape index (κ1) is 14.9. The van der Waals surface area contributed by atoms with Crippen LogP contribution in [-0.2, 0) is 10.3 Å². The molecule has 0 aliphatic heterocycles. The molecule has 1 heterocycles. The fraction of sp³-hybridized carbons (Fsp3) is 0.467. The summed E-state index contributed by atoms with van der Waals surface area (Å²) in [4.78, 5) is 4.43. The van der Waals surface area contributed by atoms with Crippen LogP contribution >= 0.6 is 22.6 Å². The Kier molecular flexibility index (Phi) is 4.28. The van der Waals surface area contributed by atoms with Gasteiger partial charge in [-0.15, -0.1) is 0 Å². The Morgan fingerprint density at radius 1 is 1.48 bits per heavy atom. The van der Waals surface area contributed by atoms with E-state index < -0.39 is 5.54 Å². The van der Waals surface area contributed by atoms with Crippen LogP contribution in [0.2, 0.25) is 0 Å². The van der Waals surface area contributed by atoms with Gasteiger partial charge in [0.15, 0.2) is 5.82 Å². The summed E-state index contributed by atoms with van der Waals surface area (Å²) in [7, 11) is 0. The van der Waals surface area contributed by atoms with Gasteiger partial charge in [-0.1, -0.05) is 11.2 Å². The molecule has 1 unspecified atom stereocenters. The van der Waals surface area contributed by atoms with Gasteiger partial charge in [-0.05, 0) is 67.0 Å². The van der Waals surface area contributed by atoms with Crippen LogP contribution < -0.4 is 5.73 Å². The van der Waals surface area contributed by atoms with E-state index in [0.29, 0.717) is 24.4 Å². The lowest BCUT2D eigenvalue weighted by atomic mass is 9.95. The molecule has 1 aromatic heterocycles. The Morgan fingerprint density at radius 3 is 2.95 bits per heavy atom. The third-order valence-corrected chi connectivity index (χ3v) is 4.35. The van der Waals surface area contributed by atoms with Crippen molar-refractivity contribution in [3.8, 4) is 11.5 Å². The van der Waals surface area contributed by atoms with E-state index in [2.05, 4.69) is 32.7 Å². The van der Waals surface area contributed by atoms with Crippen molar-refractivity contribution in [2.45, 2.75) is 37.8 Å². The summed E-state index contributed by atoms with van der Waals surface area (Å²) in [6, 6.07) is 7.91. The van der Waals surface area contributed by atoms with Crippen LogP contribution in [-0.4, -0.2) is 22.9 Å². The molecule has 1 saturated carbocycles. The largest absolute Gasteiger partial charge is 0.376 e. The van der Waals surface area contributed by atoms with Gasteiger partial charge < -0.3 is 15.0 Å². The molecule has 2 aromatic rings. The lowest BCUT2D eigenvalue weighted by Crippen LogP contribution is -2.41. The van der Waals surface area contributed by atoms with Gasteiger partial charge in [0.2, 0.25) is 0 Å². The van der Waals surface area contributed by atoms with E-state index in [9.17, 15) is 0 Å². The molecule has 2 N–H and O–H groups in total. The normalized spacial score (nSPS) is 18.2. The molecule has 0 spiro atoms. The second-order valence-corrected chi connectivity index (χ2v) is 6.96. The molecule has 0 radical (unpaired) electrons. The number of aromatic nitrogens is 2. The molecule has 1 aliphatic carbocycles. The van der Waals surface area contributed by atoms with Crippen molar-refractivity contribution in [3.05, 3.63) is 33.7 Å². The van der Waals surface area contributed by atoms with Crippen molar-refractivity contribution in [1.82, 2.24) is 10.1 Å². The van der Waals surface area contributed by atoms with Crippen molar-refractivity contribution < 1.29 is 9.26 Å². The molecular formula is C15H18IN3O2. The Morgan fingerprint density at radius 2 is 2.29 bits per heavy atom. The van der Waals surface area contributed by atoms with E-state index in [1.165, 1.54) is 6.42 Å². The zero-order chi connectivity index (χ0) is 14.9. The number of hydrogen-bond donors (Lipinski definition) is 1. The average Bonchev–Trinajstić information content (AvgIpc) is 2.87. The van der Waals surface area contributed by atoms with Crippen molar-refractivity contribution in [2.24, 2.45) is 5.73 Å². The molecule has 3 rings (SSSR count). The molecule has 1 aromatic carbocycles. The summed E-state index contributed by atoms with van der Waals surface area (Å²) in [5, 5.41) is 4.02. The number of hydrogen-bond acceptors (Lipinski definition) is 5. The maximum Gasteiger partial charge on any atom is 0.258 e. The number of nitrogens with two attached hydrogens (primary N) is 1. The maximum atomic E-state index is 6.27. The van der Waals surface area contributed by atoms with Crippen molar-refractivity contribution in [1.29, 1.82) is 0 Å². The highest BCUT2D eigenvalue weighted by Gasteiger charge is 2.30. The molecule has 21 heavy (non-hydrogen) atoms. The van der Waals surface area contributed by atoms with Crippen LogP contribution in [0.5, 0.6) is 0 Å². The van der Waals surface area contributed by atoms with Gasteiger partial charge in [0.05, 0.1) is 12.7 Å². The zero-order valence-electron chi connectivity index (χ0n) is 11.9. The summed E-state index contributed by atoms with van der Waals surface area (Å²) in [5.41, 5.74) is 6.44. The Labute approximate surface area is 137 Å². The fourth-order valence-electron chi connectivity index (χ4n) is 2.09. The molecule has 5 nitrogen and oxygen atoms in total. The molecule has 1 atom stereocenters. The van der Waals surface area contributed by atoms with Crippen LogP contribution in [0.15, 0.2) is 28.8 Å². The summed E-state index contributed by atoms with van der Waals surface area (Å²) in [6.07, 6.45) is 3.83. The smallest absolute Gasteiger partial charge is 0.258 e. The summed E-state index contributed by atoms with van der Waals surface area (Å²) in [6.45, 7) is 2.28. The molecule has 112 valence electrons. The number of benzene rings is 1. The predicted molar refractivity (Wildman–Crippen MR) is 87.6 cm³/mol. The minimum absolute atomic E-state index is 0.343. The number of rotatable bonds is 5. The Bertz CT molecular complexity index is 623. The van der Waals surface area contributed by atoms with Crippen LogP contribution in [0, 0.1) is 3.57 Å². The lowest BCUT2D eigenvalue weighted by molar-refractivity contribution is -0.0222. The summed E-state index contributed by atoms with van der Waals surface area (Å²) < 4.78 is 12.2. The molecular weight excluding hydrogens is 381 g/mol. The topological polar surface area (TPSA) is 74.2 Å². The van der Waals surface area contributed by atoms with Crippen LogP contribution in [0.4, 0.5) is 0 Å². The number of halogens is 1. The third kappa shape index (κ3) is 3.44. The first-order valence-electron chi connectivity index (χ1n) is 7.05. The van der Waals surface area contributed by atoms with Crippen LogP contribution in [0.25, 0.3) is 11.5 Å². The van der Waals surface area contributed by atoms with Crippen molar-refractivity contribution >= 4 is 22.6 Å². The Balaban J connectivity index is 1.73. The van der Waals surface area contributed by atoms with Crippen LogP contribution in [0.1, 0.15) is 32.0 Å². The van der Waals surface area contributed by atoms with Crippen molar-refractivity contribution in [3.63, 3.8) is 0 Å². The standard InChI is InChI=1S/C15H18IN3O2/c1-15(17,9-20-12-6-3-7-12)14-18-13(21-19-14)10-4-2-5-11(16)8-10/h2,4-5,8,12H,3,6-7,9,17H2,1H3. The van der Waals surface area contributed by atoms with Crippen molar-refractivity contribution in [2.75, 3.05) is 6.61 Å². The fourth-order valence-corrected chi connectivity index (χ4v) is 2.63. The molecule has 0 saturated heterocycles. The maximum absolute atomic E-state index is 6.27. The van der Waals surface area contributed by atoms with E-state index in [0.717, 1.165) is 22.0 Å². The highest BCUT2D eigenvalue weighted by Crippen LogP contribution is 2.26. The average molecular weight is 399 g/mol. The van der Waals surface area contributed by atoms with Crippen LogP contribution in [0.3, 0.4) is 0 Å². The molecule has 0 amide bonds. The van der Waals surface area contributed by atoms with Gasteiger partial charge in [0.25, 0.3) is 5.89 Å². The minimum atomic E-state index is -0.737. The first-order valence-corrected chi connectivity index (χ1v) is 8.13. The zero-order valence-corrected chi connectivity index (χ0v) is 14.0. The molecule has 1 aliphatic rings. The summed E-state index contributed by atoms with van der Waals surface area (Å²) >= 11 is 2.25. The highest BCUT2D eigenvalue weighted by atomic mass is 127. The monoisotopic (exact) mass is 399 g/mol. The lowest BCUT2D eigenvalue weighted by Gasteiger charge is -2.29. The van der Waals surface area contributed by atoms with E-state index >= 15 is 0 Å². The molecule has 1 fully saturated rings. The van der Waals surface area contributed by atoms with Gasteiger partial charge in [0, 0.05) is 9.13 Å². The second-order valence-electron chi connectivity index (χ2n) is 5.71. The highest BCUT2D eigenvalue weighted by molar-refractivity contribution is 14.1. The summed E-state index contributed by atoms with van der Waals surface area (Å²) in [5.74, 6) is 0.972.